The predicted molar refractivity (Wildman–Crippen MR) is 235 cm³/mol. The van der Waals surface area contributed by atoms with Gasteiger partial charge in [-0.1, -0.05) is 178 Å². The third-order valence-corrected chi connectivity index (χ3v) is 13.7. The van der Waals surface area contributed by atoms with Crippen LogP contribution < -0.4 is 0 Å². The van der Waals surface area contributed by atoms with E-state index in [1.807, 2.05) is 0 Å². The molecule has 0 aliphatic heterocycles. The molecule has 0 amide bonds. The molecule has 0 saturated heterocycles. The summed E-state index contributed by atoms with van der Waals surface area (Å²) in [6, 6.07) is 69.1. The van der Waals surface area contributed by atoms with Crippen LogP contribution in [0.1, 0.15) is 47.2 Å². The Hall–Kier alpha value is -6.50. The van der Waals surface area contributed by atoms with Crippen molar-refractivity contribution in [3.63, 3.8) is 0 Å². The minimum atomic E-state index is -0.0828. The molecule has 0 atom stereocenters. The van der Waals surface area contributed by atoms with Gasteiger partial charge in [-0.2, -0.15) is 0 Å². The molecule has 0 heterocycles. The molecule has 0 radical (unpaired) electrons. The van der Waals surface area contributed by atoms with Crippen LogP contribution in [0.15, 0.2) is 182 Å². The van der Waals surface area contributed by atoms with Crippen LogP contribution >= 0.6 is 0 Å². The van der Waals surface area contributed by atoms with E-state index in [1.54, 1.807) is 0 Å². The summed E-state index contributed by atoms with van der Waals surface area (Å²) in [7, 11) is 0. The van der Waals surface area contributed by atoms with E-state index in [0.29, 0.717) is 0 Å². The van der Waals surface area contributed by atoms with Gasteiger partial charge in [-0.05, 0) is 142 Å². The summed E-state index contributed by atoms with van der Waals surface area (Å²) >= 11 is 0. The van der Waals surface area contributed by atoms with Crippen molar-refractivity contribution < 1.29 is 0 Å². The van der Waals surface area contributed by atoms with Gasteiger partial charge in [0.2, 0.25) is 0 Å². The summed E-state index contributed by atoms with van der Waals surface area (Å²) in [5, 5.41) is 5.17. The quantitative estimate of drug-likeness (QED) is 0.160. The van der Waals surface area contributed by atoms with Gasteiger partial charge in [0.15, 0.2) is 0 Å². The van der Waals surface area contributed by atoms with E-state index in [9.17, 15) is 0 Å². The van der Waals surface area contributed by atoms with Crippen LogP contribution in [0.25, 0.3) is 77.2 Å². The van der Waals surface area contributed by atoms with E-state index in [0.717, 1.165) is 12.8 Å². The van der Waals surface area contributed by atoms with Crippen molar-refractivity contribution in [1.29, 1.82) is 0 Å². The second kappa shape index (κ2) is 11.5. The second-order valence-corrected chi connectivity index (χ2v) is 16.9. The molecule has 0 aromatic heterocycles. The molecule has 0 fully saturated rings. The van der Waals surface area contributed by atoms with Crippen molar-refractivity contribution in [3.8, 4) is 55.6 Å². The first-order chi connectivity index (χ1) is 27.5. The first kappa shape index (κ1) is 31.8. The molecule has 0 unspecified atom stereocenters. The number of fused-ring (bicyclic) bond motifs is 11. The largest absolute Gasteiger partial charge is 0.0622 e. The molecule has 0 saturated carbocycles. The fraction of sp³-hybridized carbons (Fsp3) is 0.107. The average Bonchev–Trinajstić information content (AvgIpc) is 3.85. The van der Waals surface area contributed by atoms with Crippen molar-refractivity contribution in [3.05, 3.63) is 215 Å². The Morgan fingerprint density at radius 1 is 0.321 bits per heavy atom. The number of rotatable bonds is 3. The van der Waals surface area contributed by atoms with Crippen molar-refractivity contribution in [2.24, 2.45) is 0 Å². The van der Waals surface area contributed by atoms with E-state index in [1.165, 1.54) is 111 Å². The number of hydrogen-bond acceptors (Lipinski definition) is 0. The average molecular weight is 713 g/mol. The molecule has 0 bridgehead atoms. The molecule has 1 spiro atoms. The lowest BCUT2D eigenvalue weighted by Crippen LogP contribution is -2.25. The monoisotopic (exact) mass is 712 g/mol. The Labute approximate surface area is 328 Å². The van der Waals surface area contributed by atoms with Crippen LogP contribution in [0, 0.1) is 0 Å². The third kappa shape index (κ3) is 4.30. The van der Waals surface area contributed by atoms with Crippen LogP contribution in [-0.4, -0.2) is 0 Å². The minimum Gasteiger partial charge on any atom is -0.0622 e. The maximum absolute atomic E-state index is 2.57. The molecule has 264 valence electrons. The summed E-state index contributed by atoms with van der Waals surface area (Å²) in [6.07, 6.45) is 2.08. The Morgan fingerprint density at radius 3 is 1.50 bits per heavy atom. The summed E-state index contributed by atoms with van der Waals surface area (Å²) in [6.45, 7) is 4.77. The number of benzene rings is 9. The highest BCUT2D eigenvalue weighted by molar-refractivity contribution is 6.22. The SMILES string of the molecule is CC1(C)c2ccccc2-c2ccc(-c3c4ccccc4c(-c4ccc5c(c4)C4(Cc6ccccc6C4)c4ccccc4-5)c4ccc(-c5ccccc5)cc34)cc21. The fourth-order valence-electron chi connectivity index (χ4n) is 11.1. The Balaban J connectivity index is 1.13. The lowest BCUT2D eigenvalue weighted by molar-refractivity contribution is 0.564. The second-order valence-electron chi connectivity index (χ2n) is 16.9. The zero-order chi connectivity index (χ0) is 37.2. The Bertz CT molecular complexity index is 3080. The van der Waals surface area contributed by atoms with Gasteiger partial charge in [0.25, 0.3) is 0 Å². The van der Waals surface area contributed by atoms with Gasteiger partial charge in [0.1, 0.15) is 0 Å². The van der Waals surface area contributed by atoms with Crippen molar-refractivity contribution in [2.45, 2.75) is 37.5 Å². The Kier molecular flexibility index (Phi) is 6.54. The van der Waals surface area contributed by atoms with E-state index < -0.39 is 0 Å². The highest BCUT2D eigenvalue weighted by Gasteiger charge is 2.47. The number of hydrogen-bond donors (Lipinski definition) is 0. The van der Waals surface area contributed by atoms with Gasteiger partial charge in [0, 0.05) is 10.8 Å². The lowest BCUT2D eigenvalue weighted by Gasteiger charge is -2.27. The molecule has 9 aromatic rings. The van der Waals surface area contributed by atoms with E-state index in [-0.39, 0.29) is 10.8 Å². The van der Waals surface area contributed by atoms with Crippen LogP contribution in [0.4, 0.5) is 0 Å². The van der Waals surface area contributed by atoms with Crippen molar-refractivity contribution in [1.82, 2.24) is 0 Å². The first-order valence-corrected chi connectivity index (χ1v) is 20.1. The molecule has 3 aliphatic rings. The molecule has 3 aliphatic carbocycles. The highest BCUT2D eigenvalue weighted by atomic mass is 14.5. The molecule has 0 nitrogen and oxygen atoms in total. The smallest absolute Gasteiger partial charge is 0.0296 e. The van der Waals surface area contributed by atoms with Crippen molar-refractivity contribution in [2.75, 3.05) is 0 Å². The van der Waals surface area contributed by atoms with Gasteiger partial charge in [0.05, 0.1) is 0 Å². The maximum atomic E-state index is 2.57. The summed E-state index contributed by atoms with van der Waals surface area (Å²) in [5.74, 6) is 0. The predicted octanol–water partition coefficient (Wildman–Crippen LogP) is 14.4. The minimum absolute atomic E-state index is 0.0630. The van der Waals surface area contributed by atoms with Gasteiger partial charge < -0.3 is 0 Å². The van der Waals surface area contributed by atoms with E-state index in [4.69, 9.17) is 0 Å². The van der Waals surface area contributed by atoms with Crippen LogP contribution in [0.3, 0.4) is 0 Å². The fourth-order valence-corrected chi connectivity index (χ4v) is 11.1. The maximum Gasteiger partial charge on any atom is 0.0296 e. The molecule has 0 N–H and O–H groups in total. The summed E-state index contributed by atoms with van der Waals surface area (Å²) in [5.41, 5.74) is 21.7. The zero-order valence-electron chi connectivity index (χ0n) is 31.7. The molecule has 9 aromatic carbocycles. The highest BCUT2D eigenvalue weighted by Crippen LogP contribution is 2.57. The van der Waals surface area contributed by atoms with Gasteiger partial charge in [-0.25, -0.2) is 0 Å². The molecular formula is C56H40. The van der Waals surface area contributed by atoms with Gasteiger partial charge >= 0.3 is 0 Å². The standard InChI is InChI=1S/C56H40/c1-55(2)49-22-12-10-18-41(49)43-27-25-37(31-51(43)55)54-46-21-9-8-20-45(46)53(47-29-24-36(30-48(47)54)35-14-4-3-5-15-35)38-26-28-44-42-19-11-13-23-50(42)56(52(44)32-38)33-39-16-6-7-17-40(39)34-56/h3-32H,33-34H2,1-2H3. The third-order valence-electron chi connectivity index (χ3n) is 13.7. The molecule has 12 rings (SSSR count). The summed E-state index contributed by atoms with van der Waals surface area (Å²) in [4.78, 5) is 0. The van der Waals surface area contributed by atoms with Crippen LogP contribution in [0.5, 0.6) is 0 Å². The van der Waals surface area contributed by atoms with E-state index >= 15 is 0 Å². The molecule has 56 heavy (non-hydrogen) atoms. The molecule has 0 heteroatoms. The van der Waals surface area contributed by atoms with Gasteiger partial charge in [-0.15, -0.1) is 0 Å². The normalized spacial score (nSPS) is 15.1. The Morgan fingerprint density at radius 2 is 0.804 bits per heavy atom. The van der Waals surface area contributed by atoms with Crippen LogP contribution in [-0.2, 0) is 23.7 Å². The zero-order valence-corrected chi connectivity index (χ0v) is 31.7. The lowest BCUT2D eigenvalue weighted by atomic mass is 9.74. The molecular weight excluding hydrogens is 673 g/mol. The topological polar surface area (TPSA) is 0 Å². The van der Waals surface area contributed by atoms with Crippen molar-refractivity contribution >= 4 is 21.5 Å². The summed E-state index contributed by atoms with van der Waals surface area (Å²) < 4.78 is 0. The van der Waals surface area contributed by atoms with Crippen LogP contribution in [0.2, 0.25) is 0 Å². The first-order valence-electron chi connectivity index (χ1n) is 20.1. The van der Waals surface area contributed by atoms with Gasteiger partial charge in [-0.3, -0.25) is 0 Å². The van der Waals surface area contributed by atoms with E-state index in [2.05, 4.69) is 196 Å².